The molecule has 2 atom stereocenters. The van der Waals surface area contributed by atoms with Gasteiger partial charge in [-0.3, -0.25) is 4.68 Å². The molecular weight excluding hydrogens is 539 g/mol. The molecule has 4 heterocycles. The predicted molar refractivity (Wildman–Crippen MR) is 132 cm³/mol. The minimum absolute atomic E-state index is 0.0162. The van der Waals surface area contributed by atoms with Gasteiger partial charge in [0.15, 0.2) is 23.3 Å². The number of hydrogen-bond acceptors (Lipinski definition) is 8. The third-order valence-electron chi connectivity index (χ3n) is 6.42. The number of nitrogens with one attached hydrogen (secondary N) is 1. The van der Waals surface area contributed by atoms with Crippen LogP contribution in [0.1, 0.15) is 24.0 Å². The van der Waals surface area contributed by atoms with Gasteiger partial charge in [-0.1, -0.05) is 30.3 Å². The summed E-state index contributed by atoms with van der Waals surface area (Å²) in [7, 11) is 1.29. The maximum absolute atomic E-state index is 14.6. The first-order valence-corrected chi connectivity index (χ1v) is 12.0. The number of aliphatic hydroxyl groups is 1. The second-order valence-electron chi connectivity index (χ2n) is 9.30. The molecule has 5 rings (SSSR count). The maximum atomic E-state index is 14.6. The van der Waals surface area contributed by atoms with Crippen molar-refractivity contribution >= 4 is 11.5 Å². The van der Waals surface area contributed by atoms with Crippen molar-refractivity contribution in [1.82, 2.24) is 29.3 Å². The minimum atomic E-state index is -5.15. The highest BCUT2D eigenvalue weighted by Gasteiger charge is 2.57. The summed E-state index contributed by atoms with van der Waals surface area (Å²) in [5, 5.41) is 21.3. The van der Waals surface area contributed by atoms with Crippen molar-refractivity contribution in [3.63, 3.8) is 0 Å². The molecule has 10 nitrogen and oxygen atoms in total. The summed E-state index contributed by atoms with van der Waals surface area (Å²) >= 11 is 0. The highest BCUT2D eigenvalue weighted by molar-refractivity contribution is 6.01. The second kappa shape index (κ2) is 10.3. The van der Waals surface area contributed by atoms with E-state index in [1.807, 2.05) is 6.92 Å². The molecule has 40 heavy (non-hydrogen) atoms. The zero-order chi connectivity index (χ0) is 28.7. The molecule has 0 radical (unpaired) electrons. The summed E-state index contributed by atoms with van der Waals surface area (Å²) in [5.41, 5.74) is -1.96. The van der Waals surface area contributed by atoms with Crippen LogP contribution in [0.3, 0.4) is 0 Å². The standard InChI is InChI=1S/C25H23F5N8O2/c1-14-12-40-36-20(14)19-9-18(35-38(19)11-15-5-3-4-6-16(15)26)22-32-10-17(27)21(34-22)33-13-24(39,25(28,29)30)23-31-7-8-37(23)2/h3-10,14,39H,11-13H2,1-2H3,(H,32,33,34). The molecular formula is C25H23F5N8O2. The van der Waals surface area contributed by atoms with Gasteiger partial charge in [0.25, 0.3) is 0 Å². The van der Waals surface area contributed by atoms with E-state index < -0.39 is 41.6 Å². The van der Waals surface area contributed by atoms with Gasteiger partial charge in [-0.25, -0.2) is 23.7 Å². The Kier molecular flexibility index (Phi) is 6.99. The SMILES string of the molecule is CC1CON=C1c1cc(-c2ncc(F)c(NCC(O)(c3nccn3C)C(F)(F)F)n2)nn1Cc1ccccc1F. The molecule has 0 bridgehead atoms. The zero-order valence-corrected chi connectivity index (χ0v) is 21.2. The van der Waals surface area contributed by atoms with Crippen LogP contribution in [0.25, 0.3) is 11.5 Å². The van der Waals surface area contributed by atoms with Crippen LogP contribution in [0, 0.1) is 17.6 Å². The Hall–Kier alpha value is -4.40. The van der Waals surface area contributed by atoms with Crippen LogP contribution in [-0.4, -0.2) is 59.4 Å². The molecule has 1 aliphatic heterocycles. The minimum Gasteiger partial charge on any atom is -0.395 e. The number of aryl methyl sites for hydroxylation is 1. The van der Waals surface area contributed by atoms with Crippen LogP contribution in [0.15, 0.2) is 54.1 Å². The van der Waals surface area contributed by atoms with Gasteiger partial charge < -0.3 is 19.8 Å². The Bertz CT molecular complexity index is 1570. The number of anilines is 1. The number of halogens is 5. The van der Waals surface area contributed by atoms with E-state index in [9.17, 15) is 27.1 Å². The third-order valence-corrected chi connectivity index (χ3v) is 6.42. The van der Waals surface area contributed by atoms with Crippen LogP contribution in [-0.2, 0) is 24.0 Å². The monoisotopic (exact) mass is 562 g/mol. The van der Waals surface area contributed by atoms with Crippen molar-refractivity contribution in [2.24, 2.45) is 18.1 Å². The van der Waals surface area contributed by atoms with E-state index in [1.165, 1.54) is 24.0 Å². The molecule has 3 aromatic heterocycles. The number of aromatic nitrogens is 6. The highest BCUT2D eigenvalue weighted by atomic mass is 19.4. The lowest BCUT2D eigenvalue weighted by Gasteiger charge is -2.30. The van der Waals surface area contributed by atoms with Gasteiger partial charge >= 0.3 is 6.18 Å². The molecule has 2 N–H and O–H groups in total. The number of alkyl halides is 3. The lowest BCUT2D eigenvalue weighted by Crippen LogP contribution is -2.49. The Morgan fingerprint density at radius 2 is 1.93 bits per heavy atom. The molecule has 2 unspecified atom stereocenters. The van der Waals surface area contributed by atoms with Gasteiger partial charge in [-0.15, -0.1) is 0 Å². The van der Waals surface area contributed by atoms with Crippen molar-refractivity contribution in [1.29, 1.82) is 0 Å². The van der Waals surface area contributed by atoms with E-state index in [0.717, 1.165) is 17.0 Å². The fourth-order valence-electron chi connectivity index (χ4n) is 4.22. The number of hydrogen-bond donors (Lipinski definition) is 2. The van der Waals surface area contributed by atoms with E-state index in [0.29, 0.717) is 23.6 Å². The lowest BCUT2D eigenvalue weighted by atomic mass is 10.0. The fraction of sp³-hybridized carbons (Fsp3) is 0.320. The number of benzene rings is 1. The van der Waals surface area contributed by atoms with E-state index in [1.54, 1.807) is 24.3 Å². The summed E-state index contributed by atoms with van der Waals surface area (Å²) in [4.78, 5) is 16.8. The van der Waals surface area contributed by atoms with E-state index in [4.69, 9.17) is 4.84 Å². The zero-order valence-electron chi connectivity index (χ0n) is 21.2. The van der Waals surface area contributed by atoms with Gasteiger partial charge in [0.2, 0.25) is 5.60 Å². The first-order chi connectivity index (χ1) is 19.0. The normalized spacial score (nSPS) is 16.9. The number of imidazole rings is 1. The molecule has 0 saturated carbocycles. The molecule has 1 aliphatic rings. The third kappa shape index (κ3) is 4.99. The summed E-state index contributed by atoms with van der Waals surface area (Å²) in [6.45, 7) is 1.04. The summed E-state index contributed by atoms with van der Waals surface area (Å²) < 4.78 is 73.2. The van der Waals surface area contributed by atoms with Crippen molar-refractivity contribution in [3.8, 4) is 11.5 Å². The van der Waals surface area contributed by atoms with Crippen LogP contribution >= 0.6 is 0 Å². The van der Waals surface area contributed by atoms with Gasteiger partial charge in [0.1, 0.15) is 23.8 Å². The van der Waals surface area contributed by atoms with Crippen molar-refractivity contribution in [3.05, 3.63) is 77.6 Å². The molecule has 15 heteroatoms. The highest BCUT2D eigenvalue weighted by Crippen LogP contribution is 2.38. The number of rotatable bonds is 8. The van der Waals surface area contributed by atoms with Gasteiger partial charge in [-0.2, -0.15) is 18.3 Å². The van der Waals surface area contributed by atoms with E-state index in [-0.39, 0.29) is 24.0 Å². The fourth-order valence-corrected chi connectivity index (χ4v) is 4.22. The lowest BCUT2D eigenvalue weighted by molar-refractivity contribution is -0.264. The van der Waals surface area contributed by atoms with Crippen molar-refractivity contribution in [2.75, 3.05) is 18.5 Å². The largest absolute Gasteiger partial charge is 0.426 e. The first-order valence-electron chi connectivity index (χ1n) is 12.0. The quantitative estimate of drug-likeness (QED) is 0.315. The topological polar surface area (TPSA) is 115 Å². The molecule has 0 amide bonds. The average Bonchev–Trinajstić information content (AvgIpc) is 3.64. The molecule has 0 spiro atoms. The van der Waals surface area contributed by atoms with E-state index >= 15 is 0 Å². The Labute approximate surface area is 224 Å². The van der Waals surface area contributed by atoms with Gasteiger partial charge in [0, 0.05) is 30.9 Å². The van der Waals surface area contributed by atoms with E-state index in [2.05, 4.69) is 30.5 Å². The smallest absolute Gasteiger partial charge is 0.395 e. The average molecular weight is 563 g/mol. The Morgan fingerprint density at radius 1 is 1.15 bits per heavy atom. The van der Waals surface area contributed by atoms with Crippen LogP contribution in [0.5, 0.6) is 0 Å². The molecule has 4 aromatic rings. The van der Waals surface area contributed by atoms with Gasteiger partial charge in [0.05, 0.1) is 25.0 Å². The summed E-state index contributed by atoms with van der Waals surface area (Å²) in [6.07, 6.45) is -2.03. The number of nitrogens with zero attached hydrogens (tertiary/aromatic N) is 7. The second-order valence-corrected chi connectivity index (χ2v) is 9.30. The molecule has 0 fully saturated rings. The summed E-state index contributed by atoms with van der Waals surface area (Å²) in [5.74, 6) is -3.02. The molecule has 1 aromatic carbocycles. The Morgan fingerprint density at radius 3 is 2.58 bits per heavy atom. The van der Waals surface area contributed by atoms with Crippen molar-refractivity contribution < 1.29 is 31.9 Å². The maximum Gasteiger partial charge on any atom is 0.426 e. The van der Waals surface area contributed by atoms with Crippen LogP contribution in [0.4, 0.5) is 27.8 Å². The van der Waals surface area contributed by atoms with Crippen molar-refractivity contribution in [2.45, 2.75) is 25.2 Å². The predicted octanol–water partition coefficient (Wildman–Crippen LogP) is 3.63. The Balaban J connectivity index is 1.49. The molecule has 0 aliphatic carbocycles. The molecule has 210 valence electrons. The summed E-state index contributed by atoms with van der Waals surface area (Å²) in [6, 6.07) is 7.69. The van der Waals surface area contributed by atoms with Gasteiger partial charge in [-0.05, 0) is 12.1 Å². The van der Waals surface area contributed by atoms with Crippen LogP contribution < -0.4 is 5.32 Å². The molecule has 0 saturated heterocycles. The van der Waals surface area contributed by atoms with Crippen LogP contribution in [0.2, 0.25) is 0 Å². The first kappa shape index (κ1) is 27.2. The number of oxime groups is 1.